The van der Waals surface area contributed by atoms with E-state index in [1.807, 2.05) is 0 Å². The predicted molar refractivity (Wildman–Crippen MR) is 125 cm³/mol. The third-order valence-electron chi connectivity index (χ3n) is 7.00. The average molecular weight is 479 g/mol. The van der Waals surface area contributed by atoms with Gasteiger partial charge in [-0.25, -0.2) is 8.42 Å². The number of piperidine rings is 1. The molecule has 1 aromatic rings. The van der Waals surface area contributed by atoms with Crippen LogP contribution in [0.25, 0.3) is 0 Å². The van der Waals surface area contributed by atoms with E-state index in [9.17, 15) is 18.0 Å². The number of nitrogens with zero attached hydrogens (tertiary/aromatic N) is 3. The second-order valence-corrected chi connectivity index (χ2v) is 11.2. The molecule has 9 nitrogen and oxygen atoms in total. The summed E-state index contributed by atoms with van der Waals surface area (Å²) in [5, 5.41) is 2.95. The van der Waals surface area contributed by atoms with Crippen molar-refractivity contribution in [1.82, 2.24) is 14.5 Å². The number of amides is 2. The van der Waals surface area contributed by atoms with Gasteiger partial charge in [-0.15, -0.1) is 0 Å². The highest BCUT2D eigenvalue weighted by molar-refractivity contribution is 7.89. The fourth-order valence-corrected chi connectivity index (χ4v) is 6.35. The molecular formula is C23H34N4O5S. The maximum Gasteiger partial charge on any atom is 0.265 e. The van der Waals surface area contributed by atoms with Crippen LogP contribution in [0.2, 0.25) is 0 Å². The van der Waals surface area contributed by atoms with Gasteiger partial charge in [0.25, 0.3) is 5.91 Å². The molecular weight excluding hydrogens is 444 g/mol. The van der Waals surface area contributed by atoms with Crippen molar-refractivity contribution in [2.75, 3.05) is 50.8 Å². The molecule has 0 aromatic heterocycles. The van der Waals surface area contributed by atoms with E-state index in [1.165, 1.54) is 21.3 Å². The van der Waals surface area contributed by atoms with Gasteiger partial charge in [0.05, 0.1) is 10.6 Å². The number of likely N-dealkylation sites (tertiary alicyclic amines) is 1. The lowest BCUT2D eigenvalue weighted by atomic mass is 10.0. The van der Waals surface area contributed by atoms with Crippen LogP contribution in [-0.4, -0.2) is 81.4 Å². The van der Waals surface area contributed by atoms with Crippen LogP contribution in [0.5, 0.6) is 5.75 Å². The SMILES string of the molecule is CCN1CCCC1CNC(=O)CN1C(=O)COc2ccc(S(=O)(=O)N3CCC(C)CC3)cc21. The Balaban J connectivity index is 1.48. The van der Waals surface area contributed by atoms with Gasteiger partial charge in [-0.2, -0.15) is 4.31 Å². The van der Waals surface area contributed by atoms with Gasteiger partial charge in [0, 0.05) is 25.7 Å². The highest BCUT2D eigenvalue weighted by Gasteiger charge is 2.33. The lowest BCUT2D eigenvalue weighted by Gasteiger charge is -2.31. The zero-order valence-electron chi connectivity index (χ0n) is 19.5. The van der Waals surface area contributed by atoms with E-state index in [-0.39, 0.29) is 29.9 Å². The fraction of sp³-hybridized carbons (Fsp3) is 0.652. The largest absolute Gasteiger partial charge is 0.482 e. The van der Waals surface area contributed by atoms with E-state index in [1.54, 1.807) is 6.07 Å². The zero-order chi connectivity index (χ0) is 23.6. The normalized spacial score (nSPS) is 22.8. The molecule has 3 heterocycles. The van der Waals surface area contributed by atoms with Crippen LogP contribution in [0.3, 0.4) is 0 Å². The second kappa shape index (κ2) is 9.99. The van der Waals surface area contributed by atoms with Crippen molar-refractivity contribution in [3.63, 3.8) is 0 Å². The number of hydrogen-bond acceptors (Lipinski definition) is 6. The minimum Gasteiger partial charge on any atom is -0.482 e. The van der Waals surface area contributed by atoms with Crippen LogP contribution in [-0.2, 0) is 19.6 Å². The quantitative estimate of drug-likeness (QED) is 0.637. The van der Waals surface area contributed by atoms with Gasteiger partial charge in [-0.1, -0.05) is 13.8 Å². The molecule has 182 valence electrons. The third kappa shape index (κ3) is 5.17. The number of ether oxygens (including phenoxy) is 1. The number of nitrogens with one attached hydrogen (secondary N) is 1. The monoisotopic (exact) mass is 478 g/mol. The van der Waals surface area contributed by atoms with Crippen LogP contribution in [0, 0.1) is 5.92 Å². The zero-order valence-corrected chi connectivity index (χ0v) is 20.3. The summed E-state index contributed by atoms with van der Waals surface area (Å²) >= 11 is 0. The molecule has 0 spiro atoms. The first kappa shape index (κ1) is 24.0. The summed E-state index contributed by atoms with van der Waals surface area (Å²) in [5.74, 6) is 0.280. The summed E-state index contributed by atoms with van der Waals surface area (Å²) in [5.41, 5.74) is 0.323. The predicted octanol–water partition coefficient (Wildman–Crippen LogP) is 1.43. The van der Waals surface area contributed by atoms with Gasteiger partial charge in [0.2, 0.25) is 15.9 Å². The number of sulfonamides is 1. The Morgan fingerprint density at radius 3 is 2.67 bits per heavy atom. The van der Waals surface area contributed by atoms with Gasteiger partial charge >= 0.3 is 0 Å². The van der Waals surface area contributed by atoms with Crippen molar-refractivity contribution in [2.24, 2.45) is 5.92 Å². The molecule has 3 aliphatic heterocycles. The van der Waals surface area contributed by atoms with Crippen LogP contribution < -0.4 is 15.0 Å². The van der Waals surface area contributed by atoms with Crippen molar-refractivity contribution in [2.45, 2.75) is 50.5 Å². The Kier molecular flexibility index (Phi) is 7.25. The molecule has 2 amide bonds. The number of carbonyl (C=O) groups excluding carboxylic acids is 2. The first-order valence-electron chi connectivity index (χ1n) is 11.9. The lowest BCUT2D eigenvalue weighted by Crippen LogP contribution is -2.47. The maximum absolute atomic E-state index is 13.2. The molecule has 1 N–H and O–H groups in total. The molecule has 2 fully saturated rings. The third-order valence-corrected chi connectivity index (χ3v) is 8.89. The van der Waals surface area contributed by atoms with E-state index in [0.29, 0.717) is 43.0 Å². The van der Waals surface area contributed by atoms with Crippen molar-refractivity contribution < 1.29 is 22.7 Å². The molecule has 33 heavy (non-hydrogen) atoms. The Hall–Kier alpha value is -2.17. The Labute approximate surface area is 196 Å². The van der Waals surface area contributed by atoms with Gasteiger partial charge < -0.3 is 10.1 Å². The summed E-state index contributed by atoms with van der Waals surface area (Å²) in [7, 11) is -3.68. The van der Waals surface area contributed by atoms with Gasteiger partial charge in [0.1, 0.15) is 12.3 Å². The number of hydrogen-bond donors (Lipinski definition) is 1. The van der Waals surface area contributed by atoms with Crippen LogP contribution in [0.1, 0.15) is 39.5 Å². The summed E-state index contributed by atoms with van der Waals surface area (Å²) < 4.78 is 33.4. The molecule has 0 bridgehead atoms. The van der Waals surface area contributed by atoms with E-state index in [0.717, 1.165) is 38.8 Å². The van der Waals surface area contributed by atoms with Crippen LogP contribution >= 0.6 is 0 Å². The standard InChI is InChI=1S/C23H34N4O5S/c1-3-25-10-4-5-18(25)14-24-22(28)15-27-20-13-19(6-7-21(20)32-16-23(27)29)33(30,31)26-11-8-17(2)9-12-26/h6-7,13,17-18H,3-5,8-12,14-16H2,1-2H3,(H,24,28). The average Bonchev–Trinajstić information content (AvgIpc) is 3.27. The molecule has 4 rings (SSSR count). The van der Waals surface area contributed by atoms with Crippen molar-refractivity contribution in [3.05, 3.63) is 18.2 Å². The topological polar surface area (TPSA) is 99.3 Å². The van der Waals surface area contributed by atoms with Gasteiger partial charge in [0.15, 0.2) is 6.61 Å². The summed E-state index contributed by atoms with van der Waals surface area (Å²) in [4.78, 5) is 29.1. The van der Waals surface area contributed by atoms with Crippen molar-refractivity contribution in [1.29, 1.82) is 0 Å². The molecule has 0 aliphatic carbocycles. The molecule has 10 heteroatoms. The van der Waals surface area contributed by atoms with Crippen molar-refractivity contribution >= 4 is 27.5 Å². The molecule has 2 saturated heterocycles. The summed E-state index contributed by atoms with van der Waals surface area (Å²) in [6.07, 6.45) is 3.82. The number of fused-ring (bicyclic) bond motifs is 1. The number of anilines is 1. The molecule has 1 unspecified atom stereocenters. The summed E-state index contributed by atoms with van der Waals surface area (Å²) in [6.45, 7) is 7.39. The van der Waals surface area contributed by atoms with Gasteiger partial charge in [-0.3, -0.25) is 19.4 Å². The van der Waals surface area contributed by atoms with E-state index in [4.69, 9.17) is 4.74 Å². The molecule has 1 aromatic carbocycles. The Bertz CT molecular complexity index is 991. The maximum atomic E-state index is 13.2. The minimum atomic E-state index is -3.68. The van der Waals surface area contributed by atoms with E-state index < -0.39 is 10.0 Å². The fourth-order valence-electron chi connectivity index (χ4n) is 4.86. The number of likely N-dealkylation sites (N-methyl/N-ethyl adjacent to an activating group) is 1. The number of rotatable bonds is 7. The Morgan fingerprint density at radius 1 is 1.18 bits per heavy atom. The van der Waals surface area contributed by atoms with Crippen molar-refractivity contribution in [3.8, 4) is 5.75 Å². The van der Waals surface area contributed by atoms with E-state index >= 15 is 0 Å². The first-order chi connectivity index (χ1) is 15.8. The first-order valence-corrected chi connectivity index (χ1v) is 13.3. The van der Waals surface area contributed by atoms with Crippen LogP contribution in [0.15, 0.2) is 23.1 Å². The van der Waals surface area contributed by atoms with Crippen LogP contribution in [0.4, 0.5) is 5.69 Å². The smallest absolute Gasteiger partial charge is 0.265 e. The number of benzene rings is 1. The molecule has 0 radical (unpaired) electrons. The van der Waals surface area contributed by atoms with Gasteiger partial charge in [-0.05, 0) is 62.9 Å². The molecule has 3 aliphatic rings. The van der Waals surface area contributed by atoms with E-state index in [2.05, 4.69) is 24.1 Å². The second-order valence-electron chi connectivity index (χ2n) is 9.21. The summed E-state index contributed by atoms with van der Waals surface area (Å²) in [6, 6.07) is 4.86. The lowest BCUT2D eigenvalue weighted by molar-refractivity contribution is -0.125. The Morgan fingerprint density at radius 2 is 1.94 bits per heavy atom. The molecule has 1 atom stereocenters. The highest BCUT2D eigenvalue weighted by atomic mass is 32.2. The number of carbonyl (C=O) groups is 2. The molecule has 0 saturated carbocycles. The highest BCUT2D eigenvalue weighted by Crippen LogP contribution is 2.35. The minimum absolute atomic E-state index is 0.115.